The molecule has 24 heavy (non-hydrogen) atoms. The molecule has 0 atom stereocenters. The number of carbonyl (C=O) groups is 2. The molecule has 0 heterocycles. The van der Waals surface area contributed by atoms with Gasteiger partial charge in [-0.15, -0.1) is 0 Å². The minimum atomic E-state index is -0.578. The van der Waals surface area contributed by atoms with Crippen molar-refractivity contribution in [3.05, 3.63) is 60.2 Å². The van der Waals surface area contributed by atoms with Crippen molar-refractivity contribution in [1.82, 2.24) is 0 Å². The summed E-state index contributed by atoms with van der Waals surface area (Å²) >= 11 is 0. The first kappa shape index (κ1) is 16.0. The van der Waals surface area contributed by atoms with Gasteiger partial charge in [0.05, 0.1) is 6.61 Å². The highest BCUT2D eigenvalue weighted by atomic mass is 16.6. The molecule has 0 fully saturated rings. The maximum Gasteiger partial charge on any atom is 0.317 e. The van der Waals surface area contributed by atoms with Gasteiger partial charge in [0.15, 0.2) is 0 Å². The topological polar surface area (TPSA) is 52.6 Å². The molecule has 0 radical (unpaired) electrons. The van der Waals surface area contributed by atoms with E-state index < -0.39 is 11.9 Å². The number of rotatable bonds is 5. The van der Waals surface area contributed by atoms with Crippen LogP contribution in [0.3, 0.4) is 0 Å². The summed E-state index contributed by atoms with van der Waals surface area (Å²) in [7, 11) is 0. The van der Waals surface area contributed by atoms with Crippen LogP contribution in [-0.2, 0) is 25.7 Å². The van der Waals surface area contributed by atoms with Gasteiger partial charge in [-0.25, -0.2) is 0 Å². The van der Waals surface area contributed by atoms with Crippen LogP contribution < -0.4 is 0 Å². The molecule has 4 heteroatoms. The van der Waals surface area contributed by atoms with Gasteiger partial charge in [0, 0.05) is 5.56 Å². The number of ether oxygens (including phenoxy) is 2. The summed E-state index contributed by atoms with van der Waals surface area (Å²) in [5.74, 6) is -1.14. The monoisotopic (exact) mass is 322 g/mol. The summed E-state index contributed by atoms with van der Waals surface area (Å²) < 4.78 is 10.1. The summed E-state index contributed by atoms with van der Waals surface area (Å²) in [6, 6.07) is 18.1. The summed E-state index contributed by atoms with van der Waals surface area (Å²) in [4.78, 5) is 23.2. The molecule has 3 aromatic rings. The van der Waals surface area contributed by atoms with Gasteiger partial charge in [0.1, 0.15) is 13.0 Å². The van der Waals surface area contributed by atoms with E-state index >= 15 is 0 Å². The van der Waals surface area contributed by atoms with Crippen LogP contribution in [0.4, 0.5) is 0 Å². The Morgan fingerprint density at radius 2 is 1.38 bits per heavy atom. The van der Waals surface area contributed by atoms with Crippen molar-refractivity contribution in [2.75, 3.05) is 6.61 Å². The fourth-order valence-corrected chi connectivity index (χ4v) is 2.80. The highest BCUT2D eigenvalue weighted by molar-refractivity contribution is 6.02. The lowest BCUT2D eigenvalue weighted by Gasteiger charge is -2.12. The van der Waals surface area contributed by atoms with E-state index in [-0.39, 0.29) is 19.6 Å². The lowest BCUT2D eigenvalue weighted by atomic mass is 9.97. The maximum atomic E-state index is 11.9. The van der Waals surface area contributed by atoms with Crippen molar-refractivity contribution in [3.8, 4) is 0 Å². The van der Waals surface area contributed by atoms with Crippen LogP contribution in [0, 0.1) is 0 Å². The van der Waals surface area contributed by atoms with Crippen LogP contribution in [0.15, 0.2) is 54.6 Å². The molecule has 3 aromatic carbocycles. The van der Waals surface area contributed by atoms with Crippen LogP contribution in [0.5, 0.6) is 0 Å². The molecule has 0 aliphatic heterocycles. The van der Waals surface area contributed by atoms with E-state index in [4.69, 9.17) is 9.47 Å². The molecular weight excluding hydrogens is 304 g/mol. The molecule has 0 aliphatic carbocycles. The second kappa shape index (κ2) is 7.13. The fraction of sp³-hybridized carbons (Fsp3) is 0.200. The highest BCUT2D eigenvalue weighted by Gasteiger charge is 2.14. The van der Waals surface area contributed by atoms with Crippen molar-refractivity contribution >= 4 is 33.5 Å². The van der Waals surface area contributed by atoms with E-state index in [1.165, 1.54) is 0 Å². The summed E-state index contributed by atoms with van der Waals surface area (Å²) in [6.45, 7) is 2.08. The number of hydrogen-bond donors (Lipinski definition) is 0. The molecule has 0 unspecified atom stereocenters. The Hall–Kier alpha value is -2.88. The first-order valence-corrected chi connectivity index (χ1v) is 7.89. The van der Waals surface area contributed by atoms with Gasteiger partial charge >= 0.3 is 11.9 Å². The zero-order valence-corrected chi connectivity index (χ0v) is 13.5. The largest absolute Gasteiger partial charge is 0.466 e. The lowest BCUT2D eigenvalue weighted by molar-refractivity contribution is -0.154. The van der Waals surface area contributed by atoms with Crippen molar-refractivity contribution < 1.29 is 19.1 Å². The first-order valence-electron chi connectivity index (χ1n) is 7.89. The first-order chi connectivity index (χ1) is 11.7. The van der Waals surface area contributed by atoms with Crippen molar-refractivity contribution in [1.29, 1.82) is 0 Å². The predicted octanol–water partition coefficient (Wildman–Crippen LogP) is 3.99. The standard InChI is InChI=1S/C20H18O4/c1-2-23-19(21)12-20(22)24-13-18-16-9-5-3-7-14(16)11-15-8-4-6-10-17(15)18/h3-11H,2,12-13H2,1H3. The fourth-order valence-electron chi connectivity index (χ4n) is 2.80. The Balaban J connectivity index is 1.89. The molecule has 0 N–H and O–H groups in total. The van der Waals surface area contributed by atoms with Gasteiger partial charge in [0.2, 0.25) is 0 Å². The van der Waals surface area contributed by atoms with Crippen molar-refractivity contribution in [3.63, 3.8) is 0 Å². The highest BCUT2D eigenvalue weighted by Crippen LogP contribution is 2.29. The summed E-state index contributed by atoms with van der Waals surface area (Å²) in [6.07, 6.45) is -0.365. The Bertz CT molecular complexity index is 844. The Morgan fingerprint density at radius 3 is 1.96 bits per heavy atom. The zero-order valence-electron chi connectivity index (χ0n) is 13.5. The van der Waals surface area contributed by atoms with Gasteiger partial charge in [-0.1, -0.05) is 48.5 Å². The number of esters is 2. The van der Waals surface area contributed by atoms with Gasteiger partial charge in [-0.3, -0.25) is 9.59 Å². The molecular formula is C20H18O4. The third kappa shape index (κ3) is 3.38. The molecule has 0 aliphatic rings. The zero-order chi connectivity index (χ0) is 16.9. The predicted molar refractivity (Wildman–Crippen MR) is 92.5 cm³/mol. The summed E-state index contributed by atoms with van der Waals surface area (Å²) in [5.41, 5.74) is 0.945. The molecule has 0 saturated carbocycles. The molecule has 0 aromatic heterocycles. The molecule has 0 spiro atoms. The van der Waals surface area contributed by atoms with Crippen molar-refractivity contribution in [2.24, 2.45) is 0 Å². The van der Waals surface area contributed by atoms with Crippen LogP contribution in [0.25, 0.3) is 21.5 Å². The minimum Gasteiger partial charge on any atom is -0.466 e. The van der Waals surface area contributed by atoms with Crippen LogP contribution in [0.1, 0.15) is 18.9 Å². The second-order valence-corrected chi connectivity index (χ2v) is 5.44. The molecule has 122 valence electrons. The average Bonchev–Trinajstić information content (AvgIpc) is 2.58. The van der Waals surface area contributed by atoms with E-state index in [0.717, 1.165) is 27.1 Å². The lowest BCUT2D eigenvalue weighted by Crippen LogP contribution is -2.13. The van der Waals surface area contributed by atoms with E-state index in [2.05, 4.69) is 6.07 Å². The SMILES string of the molecule is CCOC(=O)CC(=O)OCc1c2ccccc2cc2ccccc12. The normalized spacial score (nSPS) is 10.7. The number of hydrogen-bond acceptors (Lipinski definition) is 4. The van der Waals surface area contributed by atoms with Gasteiger partial charge < -0.3 is 9.47 Å². The molecule has 4 nitrogen and oxygen atoms in total. The maximum absolute atomic E-state index is 11.9. The van der Waals surface area contributed by atoms with Crippen LogP contribution >= 0.6 is 0 Å². The molecule has 0 bridgehead atoms. The molecule has 0 saturated heterocycles. The van der Waals surface area contributed by atoms with E-state index in [9.17, 15) is 9.59 Å². The average molecular weight is 322 g/mol. The van der Waals surface area contributed by atoms with Crippen LogP contribution in [-0.4, -0.2) is 18.5 Å². The Morgan fingerprint density at radius 1 is 0.833 bits per heavy atom. The van der Waals surface area contributed by atoms with E-state index in [1.54, 1.807) is 6.92 Å². The second-order valence-electron chi connectivity index (χ2n) is 5.44. The minimum absolute atomic E-state index is 0.125. The van der Waals surface area contributed by atoms with Crippen LogP contribution in [0.2, 0.25) is 0 Å². The smallest absolute Gasteiger partial charge is 0.317 e. The Labute approximate surface area is 140 Å². The molecule has 0 amide bonds. The molecule has 3 rings (SSSR count). The third-order valence-corrected chi connectivity index (χ3v) is 3.85. The van der Waals surface area contributed by atoms with Gasteiger partial charge in [-0.2, -0.15) is 0 Å². The number of fused-ring (bicyclic) bond motifs is 2. The van der Waals surface area contributed by atoms with E-state index in [1.807, 2.05) is 48.5 Å². The Kier molecular flexibility index (Phi) is 4.75. The van der Waals surface area contributed by atoms with E-state index in [0.29, 0.717) is 0 Å². The third-order valence-electron chi connectivity index (χ3n) is 3.85. The quantitative estimate of drug-likeness (QED) is 0.405. The summed E-state index contributed by atoms with van der Waals surface area (Å²) in [5, 5.41) is 4.26. The number of benzene rings is 3. The van der Waals surface area contributed by atoms with Gasteiger partial charge in [-0.05, 0) is 34.5 Å². The van der Waals surface area contributed by atoms with Crippen molar-refractivity contribution in [2.45, 2.75) is 20.0 Å². The van der Waals surface area contributed by atoms with Gasteiger partial charge in [0.25, 0.3) is 0 Å². The number of carbonyl (C=O) groups excluding carboxylic acids is 2.